The van der Waals surface area contributed by atoms with Crippen molar-refractivity contribution in [1.82, 2.24) is 4.98 Å². The molecule has 0 radical (unpaired) electrons. The van der Waals surface area contributed by atoms with Crippen molar-refractivity contribution in [3.8, 4) is 0 Å². The molecular weight excluding hydrogens is 472 g/mol. The second-order valence-electron chi connectivity index (χ2n) is 12.9. The first-order valence-corrected chi connectivity index (χ1v) is 18.3. The summed E-state index contributed by atoms with van der Waals surface area (Å²) in [5.41, 5.74) is 0. The summed E-state index contributed by atoms with van der Waals surface area (Å²) in [6.07, 6.45) is 44.3. The molecule has 0 saturated heterocycles. The van der Waals surface area contributed by atoms with Gasteiger partial charge in [0.2, 0.25) is 0 Å². The van der Waals surface area contributed by atoms with E-state index in [9.17, 15) is 0 Å². The maximum absolute atomic E-state index is 3.71. The van der Waals surface area contributed by atoms with Crippen molar-refractivity contribution in [2.45, 2.75) is 219 Å². The number of nitrogens with zero attached hydrogens (tertiary/aromatic N) is 1. The van der Waals surface area contributed by atoms with Crippen LogP contribution in [0.3, 0.4) is 0 Å². The van der Waals surface area contributed by atoms with Gasteiger partial charge in [-0.15, -0.1) is 0 Å². The van der Waals surface area contributed by atoms with Crippen LogP contribution in [-0.2, 0) is 0 Å². The van der Waals surface area contributed by atoms with Gasteiger partial charge in [-0.05, 0) is 32.6 Å². The minimum Gasteiger partial charge on any atom is -0.247 e. The Morgan fingerprint density at radius 3 is 1.23 bits per heavy atom. The number of hydrogen-bond acceptors (Lipinski definition) is 0. The van der Waals surface area contributed by atoms with Crippen LogP contribution in [0.25, 0.3) is 0 Å². The SMILES string of the molecule is CCCCCCCCCCCCCCCCC(CCCCCCCCCC)c1[nH]cc[n+]1C(C)CCCCC. The van der Waals surface area contributed by atoms with E-state index >= 15 is 0 Å². The molecule has 2 unspecified atom stereocenters. The molecule has 1 heterocycles. The predicted octanol–water partition coefficient (Wildman–Crippen LogP) is 12.9. The minimum absolute atomic E-state index is 0.621. The van der Waals surface area contributed by atoms with Crippen molar-refractivity contribution >= 4 is 0 Å². The van der Waals surface area contributed by atoms with E-state index in [2.05, 4.69) is 49.6 Å². The Bertz CT molecular complexity index is 606. The zero-order valence-electron chi connectivity index (χ0n) is 27.6. The number of H-pyrrole nitrogens is 1. The van der Waals surface area contributed by atoms with E-state index in [1.807, 2.05) is 0 Å². The molecule has 2 atom stereocenters. The summed E-state index contributed by atoms with van der Waals surface area (Å²) < 4.78 is 2.61. The molecule has 0 fully saturated rings. The molecule has 0 spiro atoms. The first-order valence-electron chi connectivity index (χ1n) is 18.3. The first-order chi connectivity index (χ1) is 19.2. The third-order valence-electron chi connectivity index (χ3n) is 9.14. The van der Waals surface area contributed by atoms with E-state index in [1.165, 1.54) is 186 Å². The highest BCUT2D eigenvalue weighted by Crippen LogP contribution is 2.27. The Morgan fingerprint density at radius 2 is 0.821 bits per heavy atom. The van der Waals surface area contributed by atoms with E-state index in [0.29, 0.717) is 12.0 Å². The van der Waals surface area contributed by atoms with Gasteiger partial charge in [-0.1, -0.05) is 175 Å². The summed E-state index contributed by atoms with van der Waals surface area (Å²) in [5.74, 6) is 2.24. The van der Waals surface area contributed by atoms with Gasteiger partial charge < -0.3 is 0 Å². The molecule has 0 amide bonds. The zero-order chi connectivity index (χ0) is 28.2. The molecule has 1 aromatic heterocycles. The van der Waals surface area contributed by atoms with Crippen LogP contribution >= 0.6 is 0 Å². The monoisotopic (exact) mass is 546 g/mol. The zero-order valence-corrected chi connectivity index (χ0v) is 27.6. The summed E-state index contributed by atoms with van der Waals surface area (Å²) in [4.78, 5) is 3.71. The first kappa shape index (κ1) is 36.2. The number of aromatic nitrogens is 2. The second-order valence-corrected chi connectivity index (χ2v) is 12.9. The normalized spacial score (nSPS) is 13.2. The molecule has 1 N–H and O–H groups in total. The van der Waals surface area contributed by atoms with Crippen LogP contribution in [0.4, 0.5) is 0 Å². The largest absolute Gasteiger partial charge is 0.257 e. The van der Waals surface area contributed by atoms with Gasteiger partial charge >= 0.3 is 0 Å². The lowest BCUT2D eigenvalue weighted by molar-refractivity contribution is -0.727. The fraction of sp³-hybridized carbons (Fsp3) is 0.919. The molecule has 230 valence electrons. The fourth-order valence-corrected chi connectivity index (χ4v) is 6.43. The van der Waals surface area contributed by atoms with E-state index < -0.39 is 0 Å². The highest BCUT2D eigenvalue weighted by atomic mass is 15.1. The third kappa shape index (κ3) is 19.8. The average molecular weight is 546 g/mol. The van der Waals surface area contributed by atoms with Crippen LogP contribution < -0.4 is 4.57 Å². The number of unbranched alkanes of at least 4 members (excludes halogenated alkanes) is 22. The van der Waals surface area contributed by atoms with Crippen molar-refractivity contribution in [2.24, 2.45) is 0 Å². The highest BCUT2D eigenvalue weighted by molar-refractivity contribution is 4.90. The fourth-order valence-electron chi connectivity index (χ4n) is 6.43. The van der Waals surface area contributed by atoms with E-state index in [0.717, 1.165) is 0 Å². The number of aromatic amines is 1. The van der Waals surface area contributed by atoms with Gasteiger partial charge in [0, 0.05) is 0 Å². The molecule has 2 heteroatoms. The van der Waals surface area contributed by atoms with Gasteiger partial charge in [-0.3, -0.25) is 0 Å². The van der Waals surface area contributed by atoms with Crippen molar-refractivity contribution in [3.63, 3.8) is 0 Å². The van der Waals surface area contributed by atoms with Crippen molar-refractivity contribution in [1.29, 1.82) is 0 Å². The molecule has 39 heavy (non-hydrogen) atoms. The maximum atomic E-state index is 3.71. The number of rotatable bonds is 30. The Balaban J connectivity index is 2.33. The topological polar surface area (TPSA) is 19.7 Å². The lowest BCUT2D eigenvalue weighted by Crippen LogP contribution is -2.41. The van der Waals surface area contributed by atoms with E-state index in [1.54, 1.807) is 0 Å². The number of imidazole rings is 1. The van der Waals surface area contributed by atoms with Crippen LogP contribution in [-0.4, -0.2) is 4.98 Å². The lowest BCUT2D eigenvalue weighted by atomic mass is 9.92. The van der Waals surface area contributed by atoms with Gasteiger partial charge in [0.1, 0.15) is 12.4 Å². The van der Waals surface area contributed by atoms with Gasteiger partial charge in [-0.2, -0.15) is 0 Å². The van der Waals surface area contributed by atoms with E-state index in [-0.39, 0.29) is 0 Å². The molecular formula is C37H73N2+. The van der Waals surface area contributed by atoms with Crippen LogP contribution in [0, 0.1) is 0 Å². The maximum Gasteiger partial charge on any atom is 0.257 e. The quantitative estimate of drug-likeness (QED) is 0.0732. The van der Waals surface area contributed by atoms with Crippen LogP contribution in [0.5, 0.6) is 0 Å². The summed E-state index contributed by atoms with van der Waals surface area (Å²) >= 11 is 0. The van der Waals surface area contributed by atoms with Crippen LogP contribution in [0.2, 0.25) is 0 Å². The van der Waals surface area contributed by atoms with Crippen LogP contribution in [0.15, 0.2) is 12.4 Å². The average Bonchev–Trinajstić information content (AvgIpc) is 3.43. The number of hydrogen-bond donors (Lipinski definition) is 1. The number of nitrogens with one attached hydrogen (secondary N) is 1. The van der Waals surface area contributed by atoms with Gasteiger partial charge in [-0.25, -0.2) is 9.55 Å². The Hall–Kier alpha value is -0.790. The standard InChI is InChI=1S/C37H72N2/c1-5-8-11-13-15-17-18-19-20-21-22-24-26-29-32-36(31-28-25-23-16-14-12-9-6-2)37-38-33-34-39(37)35(4)30-27-10-7-3/h33-36H,5-32H2,1-4H3/p+1. The molecule has 2 nitrogen and oxygen atoms in total. The molecule has 1 aromatic rings. The Kier molecular flexibility index (Phi) is 25.4. The van der Waals surface area contributed by atoms with Crippen molar-refractivity contribution in [3.05, 3.63) is 18.2 Å². The summed E-state index contributed by atoms with van der Waals surface area (Å²) in [6.45, 7) is 9.38. The third-order valence-corrected chi connectivity index (χ3v) is 9.14. The smallest absolute Gasteiger partial charge is 0.247 e. The van der Waals surface area contributed by atoms with Crippen LogP contribution in [0.1, 0.15) is 225 Å². The Morgan fingerprint density at radius 1 is 0.487 bits per heavy atom. The molecule has 1 rings (SSSR count). The molecule has 0 aliphatic carbocycles. The summed E-state index contributed by atoms with van der Waals surface area (Å²) in [6, 6.07) is 0.621. The summed E-state index contributed by atoms with van der Waals surface area (Å²) in [7, 11) is 0. The molecule has 0 aliphatic rings. The molecule has 0 saturated carbocycles. The van der Waals surface area contributed by atoms with Gasteiger partial charge in [0.05, 0.1) is 12.0 Å². The highest BCUT2D eigenvalue weighted by Gasteiger charge is 2.25. The van der Waals surface area contributed by atoms with Gasteiger partial charge in [0.15, 0.2) is 0 Å². The van der Waals surface area contributed by atoms with Crippen molar-refractivity contribution in [2.75, 3.05) is 0 Å². The van der Waals surface area contributed by atoms with Crippen molar-refractivity contribution < 1.29 is 4.57 Å². The minimum atomic E-state index is 0.621. The molecule has 0 aromatic carbocycles. The predicted molar refractivity (Wildman–Crippen MR) is 175 cm³/mol. The lowest BCUT2D eigenvalue weighted by Gasteiger charge is -2.17. The second kappa shape index (κ2) is 27.4. The van der Waals surface area contributed by atoms with E-state index in [4.69, 9.17) is 0 Å². The Labute approximate surface area is 246 Å². The summed E-state index contributed by atoms with van der Waals surface area (Å²) in [5, 5.41) is 0. The molecule has 0 aliphatic heterocycles. The van der Waals surface area contributed by atoms with Gasteiger partial charge in [0.25, 0.3) is 5.82 Å². The molecule has 0 bridgehead atoms.